The van der Waals surface area contributed by atoms with Crippen LogP contribution in [0, 0.1) is 6.92 Å². The normalized spacial score (nSPS) is 16.3. The van der Waals surface area contributed by atoms with E-state index in [0.717, 1.165) is 18.4 Å². The highest BCUT2D eigenvalue weighted by molar-refractivity contribution is 6.18. The Kier molecular flexibility index (Phi) is 5.20. The number of aromatic nitrogens is 1. The zero-order chi connectivity index (χ0) is 13.7. The molecular weight excluding hydrogens is 260 g/mol. The molecule has 0 bridgehead atoms. The third-order valence-corrected chi connectivity index (χ3v) is 3.89. The molecule has 1 amide bonds. The van der Waals surface area contributed by atoms with E-state index in [9.17, 15) is 4.79 Å². The molecular formula is C15H21ClN2O. The fourth-order valence-electron chi connectivity index (χ4n) is 2.77. The van der Waals surface area contributed by atoms with Crippen molar-refractivity contribution in [3.8, 4) is 0 Å². The number of carbonyl (C=O) groups is 1. The number of halogens is 1. The van der Waals surface area contributed by atoms with E-state index < -0.39 is 0 Å². The minimum atomic E-state index is 0.0729. The molecule has 1 fully saturated rings. The minimum absolute atomic E-state index is 0.0729. The summed E-state index contributed by atoms with van der Waals surface area (Å²) in [4.78, 5) is 18.7. The van der Waals surface area contributed by atoms with Gasteiger partial charge in [-0.3, -0.25) is 9.78 Å². The molecule has 0 aromatic carbocycles. The molecule has 104 valence electrons. The smallest absolute Gasteiger partial charge is 0.255 e. The number of hydrogen-bond donors (Lipinski definition) is 0. The predicted octanol–water partition coefficient (Wildman–Crippen LogP) is 3.40. The zero-order valence-electron chi connectivity index (χ0n) is 11.4. The van der Waals surface area contributed by atoms with Crippen LogP contribution in [-0.2, 0) is 0 Å². The first kappa shape index (κ1) is 14.3. The van der Waals surface area contributed by atoms with E-state index in [-0.39, 0.29) is 5.91 Å². The fraction of sp³-hybridized carbons (Fsp3) is 0.600. The highest BCUT2D eigenvalue weighted by Gasteiger charge is 2.25. The molecule has 1 aliphatic carbocycles. The van der Waals surface area contributed by atoms with Gasteiger partial charge in [0.15, 0.2) is 0 Å². The molecule has 1 aromatic heterocycles. The van der Waals surface area contributed by atoms with Gasteiger partial charge in [0.05, 0.1) is 5.56 Å². The van der Waals surface area contributed by atoms with Crippen LogP contribution in [0.5, 0.6) is 0 Å². The van der Waals surface area contributed by atoms with Gasteiger partial charge in [0.1, 0.15) is 0 Å². The van der Waals surface area contributed by atoms with Crippen molar-refractivity contribution in [2.45, 2.75) is 45.1 Å². The number of aryl methyl sites for hydroxylation is 1. The van der Waals surface area contributed by atoms with Crippen molar-refractivity contribution in [1.29, 1.82) is 0 Å². The second-order valence-electron chi connectivity index (χ2n) is 5.23. The molecule has 1 heterocycles. The quantitative estimate of drug-likeness (QED) is 0.792. The molecule has 1 saturated carbocycles. The molecule has 0 unspecified atom stereocenters. The van der Waals surface area contributed by atoms with E-state index in [1.807, 2.05) is 17.9 Å². The summed E-state index contributed by atoms with van der Waals surface area (Å²) in [5.41, 5.74) is 1.69. The second kappa shape index (κ2) is 6.90. The van der Waals surface area contributed by atoms with Gasteiger partial charge in [-0.25, -0.2) is 0 Å². The Morgan fingerprint density at radius 2 is 2.11 bits per heavy atom. The van der Waals surface area contributed by atoms with Crippen LogP contribution < -0.4 is 0 Å². The van der Waals surface area contributed by atoms with Gasteiger partial charge in [-0.15, -0.1) is 11.6 Å². The lowest BCUT2D eigenvalue weighted by Gasteiger charge is -2.34. The average Bonchev–Trinajstić information content (AvgIpc) is 2.45. The van der Waals surface area contributed by atoms with E-state index in [2.05, 4.69) is 4.98 Å². The zero-order valence-corrected chi connectivity index (χ0v) is 12.2. The summed E-state index contributed by atoms with van der Waals surface area (Å²) < 4.78 is 0. The van der Waals surface area contributed by atoms with Gasteiger partial charge >= 0.3 is 0 Å². The van der Waals surface area contributed by atoms with E-state index in [0.29, 0.717) is 24.0 Å². The van der Waals surface area contributed by atoms with Gasteiger partial charge in [0.25, 0.3) is 5.91 Å². The fourth-order valence-corrected chi connectivity index (χ4v) is 2.95. The SMILES string of the molecule is Cc1cncc(C(=O)N(CCCl)C2CCCCC2)c1. The lowest BCUT2D eigenvalue weighted by Crippen LogP contribution is -2.42. The van der Waals surface area contributed by atoms with Crippen LogP contribution in [0.25, 0.3) is 0 Å². The summed E-state index contributed by atoms with van der Waals surface area (Å²) in [5, 5.41) is 0. The average molecular weight is 281 g/mol. The Morgan fingerprint density at radius 1 is 1.37 bits per heavy atom. The molecule has 0 spiro atoms. The molecule has 1 aliphatic rings. The largest absolute Gasteiger partial charge is 0.334 e. The summed E-state index contributed by atoms with van der Waals surface area (Å²) in [6, 6.07) is 2.25. The highest BCUT2D eigenvalue weighted by atomic mass is 35.5. The molecule has 0 saturated heterocycles. The first-order valence-corrected chi connectivity index (χ1v) is 7.54. The van der Waals surface area contributed by atoms with Gasteiger partial charge in [0.2, 0.25) is 0 Å². The van der Waals surface area contributed by atoms with Crippen LogP contribution in [0.2, 0.25) is 0 Å². The minimum Gasteiger partial charge on any atom is -0.334 e. The van der Waals surface area contributed by atoms with E-state index in [1.54, 1.807) is 12.4 Å². The lowest BCUT2D eigenvalue weighted by atomic mass is 9.93. The van der Waals surface area contributed by atoms with E-state index >= 15 is 0 Å². The monoisotopic (exact) mass is 280 g/mol. The van der Waals surface area contributed by atoms with Gasteiger partial charge in [-0.2, -0.15) is 0 Å². The van der Waals surface area contributed by atoms with E-state index in [1.165, 1.54) is 19.3 Å². The number of hydrogen-bond acceptors (Lipinski definition) is 2. The maximum atomic E-state index is 12.6. The van der Waals surface area contributed by atoms with Gasteiger partial charge in [-0.05, 0) is 31.4 Å². The summed E-state index contributed by atoms with van der Waals surface area (Å²) in [7, 11) is 0. The summed E-state index contributed by atoms with van der Waals surface area (Å²) in [6.45, 7) is 2.58. The first-order valence-electron chi connectivity index (χ1n) is 7.01. The third kappa shape index (κ3) is 3.69. The Balaban J connectivity index is 2.15. The molecule has 0 N–H and O–H groups in total. The second-order valence-corrected chi connectivity index (χ2v) is 5.61. The summed E-state index contributed by atoms with van der Waals surface area (Å²) in [5.74, 6) is 0.561. The van der Waals surface area contributed by atoms with E-state index in [4.69, 9.17) is 11.6 Å². The Morgan fingerprint density at radius 3 is 2.74 bits per heavy atom. The molecule has 0 aliphatic heterocycles. The maximum Gasteiger partial charge on any atom is 0.255 e. The molecule has 3 nitrogen and oxygen atoms in total. The van der Waals surface area contributed by atoms with Gasteiger partial charge < -0.3 is 4.90 Å². The van der Waals surface area contributed by atoms with Gasteiger partial charge in [-0.1, -0.05) is 19.3 Å². The van der Waals surface area contributed by atoms with Crippen LogP contribution in [0.15, 0.2) is 18.5 Å². The molecule has 4 heteroatoms. The summed E-state index contributed by atoms with van der Waals surface area (Å²) >= 11 is 5.87. The maximum absolute atomic E-state index is 12.6. The number of pyridine rings is 1. The first-order chi connectivity index (χ1) is 9.22. The molecule has 0 radical (unpaired) electrons. The van der Waals surface area contributed by atoms with Crippen LogP contribution in [-0.4, -0.2) is 34.3 Å². The van der Waals surface area contributed by atoms with Gasteiger partial charge in [0, 0.05) is 30.9 Å². The van der Waals surface area contributed by atoms with Crippen molar-refractivity contribution in [2.75, 3.05) is 12.4 Å². The van der Waals surface area contributed by atoms with Crippen LogP contribution in [0.4, 0.5) is 0 Å². The Bertz CT molecular complexity index is 430. The highest BCUT2D eigenvalue weighted by Crippen LogP contribution is 2.24. The number of carbonyl (C=O) groups excluding carboxylic acids is 1. The van der Waals surface area contributed by atoms with Crippen molar-refractivity contribution < 1.29 is 4.79 Å². The van der Waals surface area contributed by atoms with Crippen molar-refractivity contribution in [1.82, 2.24) is 9.88 Å². The van der Waals surface area contributed by atoms with Crippen LogP contribution in [0.1, 0.15) is 48.0 Å². The Hall–Kier alpha value is -1.09. The predicted molar refractivity (Wildman–Crippen MR) is 77.6 cm³/mol. The third-order valence-electron chi connectivity index (χ3n) is 3.72. The van der Waals surface area contributed by atoms with Crippen molar-refractivity contribution in [3.63, 3.8) is 0 Å². The topological polar surface area (TPSA) is 33.2 Å². The lowest BCUT2D eigenvalue weighted by molar-refractivity contribution is 0.0649. The number of amides is 1. The standard InChI is InChI=1S/C15H21ClN2O/c1-12-9-13(11-17-10-12)15(19)18(8-7-16)14-5-3-2-4-6-14/h9-11,14H,2-8H2,1H3. The van der Waals surface area contributed by atoms with Crippen molar-refractivity contribution >= 4 is 17.5 Å². The number of alkyl halides is 1. The van der Waals surface area contributed by atoms with Crippen LogP contribution >= 0.6 is 11.6 Å². The molecule has 1 aromatic rings. The number of rotatable bonds is 4. The molecule has 19 heavy (non-hydrogen) atoms. The Labute approximate surface area is 120 Å². The van der Waals surface area contributed by atoms with Crippen LogP contribution in [0.3, 0.4) is 0 Å². The van der Waals surface area contributed by atoms with Crippen molar-refractivity contribution in [2.24, 2.45) is 0 Å². The summed E-state index contributed by atoms with van der Waals surface area (Å²) in [6.07, 6.45) is 9.32. The number of nitrogens with zero attached hydrogens (tertiary/aromatic N) is 2. The van der Waals surface area contributed by atoms with Crippen molar-refractivity contribution in [3.05, 3.63) is 29.6 Å². The molecule has 2 rings (SSSR count). The molecule has 0 atom stereocenters.